The van der Waals surface area contributed by atoms with Crippen molar-refractivity contribution >= 4 is 5.78 Å². The van der Waals surface area contributed by atoms with Crippen LogP contribution in [-0.2, 0) is 4.79 Å². The predicted molar refractivity (Wildman–Crippen MR) is 67.2 cm³/mol. The number of hydrogen-bond acceptors (Lipinski definition) is 1. The summed E-state index contributed by atoms with van der Waals surface area (Å²) in [5.41, 5.74) is 3.16. The van der Waals surface area contributed by atoms with Gasteiger partial charge >= 0.3 is 0 Å². The van der Waals surface area contributed by atoms with Crippen molar-refractivity contribution in [2.75, 3.05) is 0 Å². The van der Waals surface area contributed by atoms with Crippen LogP contribution in [-0.4, -0.2) is 5.78 Å². The van der Waals surface area contributed by atoms with Crippen LogP contribution in [0.4, 0.5) is 0 Å². The van der Waals surface area contributed by atoms with Gasteiger partial charge in [0.2, 0.25) is 0 Å². The summed E-state index contributed by atoms with van der Waals surface area (Å²) in [6.07, 6.45) is 8.47. The van der Waals surface area contributed by atoms with E-state index in [0.29, 0.717) is 12.2 Å². The SMILES string of the molecule is CC1=CCC2(CC1)C(C)=CC(=O)CC2(C)C. The van der Waals surface area contributed by atoms with Crippen LogP contribution in [0.3, 0.4) is 0 Å². The molecule has 1 nitrogen and oxygen atoms in total. The zero-order valence-corrected chi connectivity index (χ0v) is 10.9. The molecule has 1 atom stereocenters. The van der Waals surface area contributed by atoms with Crippen molar-refractivity contribution in [1.82, 2.24) is 0 Å². The predicted octanol–water partition coefficient (Wildman–Crippen LogP) is 4.05. The van der Waals surface area contributed by atoms with Crippen LogP contribution in [0.2, 0.25) is 0 Å². The first kappa shape index (κ1) is 11.6. The summed E-state index contributed by atoms with van der Waals surface area (Å²) in [4.78, 5) is 11.7. The standard InChI is InChI=1S/C15H22O/c1-11-5-7-15(8-6-11)12(2)9-13(16)10-14(15,3)4/h5,9H,6-8,10H2,1-4H3. The van der Waals surface area contributed by atoms with Crippen LogP contribution in [0, 0.1) is 10.8 Å². The smallest absolute Gasteiger partial charge is 0.156 e. The summed E-state index contributed by atoms with van der Waals surface area (Å²) in [5.74, 6) is 0.305. The quantitative estimate of drug-likeness (QED) is 0.561. The number of ketones is 1. The minimum atomic E-state index is 0.111. The fourth-order valence-corrected chi connectivity index (χ4v) is 3.51. The summed E-state index contributed by atoms with van der Waals surface area (Å²) < 4.78 is 0. The maximum absolute atomic E-state index is 11.7. The van der Waals surface area contributed by atoms with Crippen LogP contribution in [0.15, 0.2) is 23.3 Å². The molecule has 0 saturated carbocycles. The van der Waals surface area contributed by atoms with Crippen molar-refractivity contribution in [2.45, 2.75) is 53.4 Å². The van der Waals surface area contributed by atoms with E-state index in [1.54, 1.807) is 0 Å². The highest BCUT2D eigenvalue weighted by Gasteiger charge is 2.49. The topological polar surface area (TPSA) is 17.1 Å². The Hall–Kier alpha value is -0.850. The molecule has 2 rings (SSSR count). The molecule has 0 radical (unpaired) electrons. The normalized spacial score (nSPS) is 33.6. The molecule has 1 spiro atoms. The monoisotopic (exact) mass is 218 g/mol. The molecular formula is C15H22O. The van der Waals surface area contributed by atoms with Gasteiger partial charge in [-0.05, 0) is 44.6 Å². The van der Waals surface area contributed by atoms with E-state index in [2.05, 4.69) is 33.8 Å². The molecule has 0 aliphatic heterocycles. The van der Waals surface area contributed by atoms with E-state index >= 15 is 0 Å². The van der Waals surface area contributed by atoms with Crippen molar-refractivity contribution < 1.29 is 4.79 Å². The van der Waals surface area contributed by atoms with E-state index in [4.69, 9.17) is 0 Å². The van der Waals surface area contributed by atoms with Crippen molar-refractivity contribution in [2.24, 2.45) is 10.8 Å². The van der Waals surface area contributed by atoms with Crippen LogP contribution < -0.4 is 0 Å². The summed E-state index contributed by atoms with van der Waals surface area (Å²) in [6.45, 7) is 8.88. The maximum atomic E-state index is 11.7. The Morgan fingerprint density at radius 1 is 1.25 bits per heavy atom. The molecule has 0 aromatic carbocycles. The van der Waals surface area contributed by atoms with E-state index in [9.17, 15) is 4.79 Å². The Labute approximate surface area is 98.6 Å². The van der Waals surface area contributed by atoms with Gasteiger partial charge in [0.15, 0.2) is 5.78 Å². The zero-order chi connectivity index (χ0) is 12.0. The van der Waals surface area contributed by atoms with Crippen molar-refractivity contribution in [3.63, 3.8) is 0 Å². The molecule has 88 valence electrons. The second-order valence-corrected chi connectivity index (χ2v) is 6.19. The third-order valence-electron chi connectivity index (χ3n) is 4.79. The highest BCUT2D eigenvalue weighted by atomic mass is 16.1. The molecule has 2 aliphatic rings. The lowest BCUT2D eigenvalue weighted by atomic mass is 9.52. The molecule has 0 saturated heterocycles. The van der Waals surface area contributed by atoms with Gasteiger partial charge in [0.25, 0.3) is 0 Å². The molecule has 2 aliphatic carbocycles. The first-order chi connectivity index (χ1) is 7.37. The lowest BCUT2D eigenvalue weighted by molar-refractivity contribution is -0.119. The lowest BCUT2D eigenvalue weighted by Gasteiger charge is -2.51. The third-order valence-corrected chi connectivity index (χ3v) is 4.79. The second-order valence-electron chi connectivity index (χ2n) is 6.19. The summed E-state index contributed by atoms with van der Waals surface area (Å²) >= 11 is 0. The average Bonchev–Trinajstić information content (AvgIpc) is 2.15. The van der Waals surface area contributed by atoms with Gasteiger partial charge in [-0.25, -0.2) is 0 Å². The summed E-state index contributed by atoms with van der Waals surface area (Å²) in [5, 5.41) is 0. The van der Waals surface area contributed by atoms with Crippen LogP contribution in [0.25, 0.3) is 0 Å². The molecule has 0 amide bonds. The molecule has 0 fully saturated rings. The fraction of sp³-hybridized carbons (Fsp3) is 0.667. The van der Waals surface area contributed by atoms with Gasteiger partial charge in [-0.3, -0.25) is 4.79 Å². The minimum Gasteiger partial charge on any atom is -0.295 e. The minimum absolute atomic E-state index is 0.111. The van der Waals surface area contributed by atoms with E-state index in [1.165, 1.54) is 24.0 Å². The zero-order valence-electron chi connectivity index (χ0n) is 10.9. The van der Waals surface area contributed by atoms with E-state index in [-0.39, 0.29) is 10.8 Å². The molecular weight excluding hydrogens is 196 g/mol. The number of hydrogen-bond donors (Lipinski definition) is 0. The van der Waals surface area contributed by atoms with Gasteiger partial charge in [-0.1, -0.05) is 31.1 Å². The highest BCUT2D eigenvalue weighted by Crippen LogP contribution is 2.57. The molecule has 0 aromatic heterocycles. The molecule has 0 aromatic rings. The van der Waals surface area contributed by atoms with E-state index < -0.39 is 0 Å². The number of rotatable bonds is 0. The fourth-order valence-electron chi connectivity index (χ4n) is 3.51. The maximum Gasteiger partial charge on any atom is 0.156 e. The summed E-state index contributed by atoms with van der Waals surface area (Å²) in [6, 6.07) is 0. The first-order valence-corrected chi connectivity index (χ1v) is 6.25. The van der Waals surface area contributed by atoms with Gasteiger partial charge in [-0.15, -0.1) is 0 Å². The van der Waals surface area contributed by atoms with Crippen LogP contribution in [0.5, 0.6) is 0 Å². The Balaban J connectivity index is 2.45. The van der Waals surface area contributed by atoms with Gasteiger partial charge < -0.3 is 0 Å². The highest BCUT2D eigenvalue weighted by molar-refractivity contribution is 5.92. The van der Waals surface area contributed by atoms with Crippen molar-refractivity contribution in [3.8, 4) is 0 Å². The van der Waals surface area contributed by atoms with E-state index in [0.717, 1.165) is 6.42 Å². The second kappa shape index (κ2) is 3.58. The largest absolute Gasteiger partial charge is 0.295 e. The van der Waals surface area contributed by atoms with E-state index in [1.807, 2.05) is 6.08 Å². The van der Waals surface area contributed by atoms with Crippen molar-refractivity contribution in [1.29, 1.82) is 0 Å². The molecule has 16 heavy (non-hydrogen) atoms. The van der Waals surface area contributed by atoms with Gasteiger partial charge in [0, 0.05) is 11.8 Å². The third kappa shape index (κ3) is 1.57. The Bertz CT molecular complexity index is 384. The number of allylic oxidation sites excluding steroid dienone is 4. The summed E-state index contributed by atoms with van der Waals surface area (Å²) in [7, 11) is 0. The van der Waals surface area contributed by atoms with Gasteiger partial charge in [-0.2, -0.15) is 0 Å². The Morgan fingerprint density at radius 3 is 2.44 bits per heavy atom. The van der Waals surface area contributed by atoms with Crippen molar-refractivity contribution in [3.05, 3.63) is 23.3 Å². The van der Waals surface area contributed by atoms with Crippen LogP contribution in [0.1, 0.15) is 53.4 Å². The lowest BCUT2D eigenvalue weighted by Crippen LogP contribution is -2.44. The molecule has 1 unspecified atom stereocenters. The molecule has 0 heterocycles. The molecule has 1 heteroatoms. The number of carbonyl (C=O) groups excluding carboxylic acids is 1. The number of carbonyl (C=O) groups is 1. The van der Waals surface area contributed by atoms with Gasteiger partial charge in [0.05, 0.1) is 0 Å². The molecule has 0 N–H and O–H groups in total. The first-order valence-electron chi connectivity index (χ1n) is 6.25. The Morgan fingerprint density at radius 2 is 1.94 bits per heavy atom. The molecule has 0 bridgehead atoms. The average molecular weight is 218 g/mol. The van der Waals surface area contributed by atoms with Gasteiger partial charge in [0.1, 0.15) is 0 Å². The van der Waals surface area contributed by atoms with Crippen LogP contribution >= 0.6 is 0 Å². The Kier molecular flexibility index (Phi) is 2.60.